The molecule has 5 aliphatic rings. The fraction of sp³-hybridized carbons (Fsp3) is 0.629. The summed E-state index contributed by atoms with van der Waals surface area (Å²) in [6.07, 6.45) is 5.40. The molecule has 0 unspecified atom stereocenters. The van der Waals surface area contributed by atoms with Gasteiger partial charge in [-0.1, -0.05) is 49.3 Å². The molecular formula is C35H48N6O9S. The molecule has 3 N–H and O–H groups in total. The van der Waals surface area contributed by atoms with Crippen LogP contribution in [0.1, 0.15) is 83.3 Å². The molecule has 3 fully saturated rings. The number of rotatable bonds is 5. The van der Waals surface area contributed by atoms with Gasteiger partial charge in [0.2, 0.25) is 11.8 Å². The standard InChI is InChI=1S/C35H48N6O9S/c1-34(2,3)50-32(45)36-27-15-8-6-4-5-7-14-25-19-35(25,31(44)38-51(47,48)40-16-11-17-40)37-29(42)28-18-26(22-41(28)30(27)43)49-33(46)39-20-23-12-9-10-13-24(23)21-39/h7,9-10,12-14,25-28H,4-6,8,11,15-22H2,1-3H3,(H,36,45)(H,37,42)(H,38,44)/t25-,26-,27+,28+,35-/m1/s1. The second kappa shape index (κ2) is 14.4. The van der Waals surface area contributed by atoms with Crippen molar-refractivity contribution >= 4 is 40.1 Å². The summed E-state index contributed by atoms with van der Waals surface area (Å²) < 4.78 is 40.4. The number of nitrogens with zero attached hydrogens (tertiary/aromatic N) is 3. The number of amides is 5. The van der Waals surface area contributed by atoms with Gasteiger partial charge in [0.1, 0.15) is 29.3 Å². The zero-order chi connectivity index (χ0) is 36.6. The van der Waals surface area contributed by atoms with Gasteiger partial charge in [0.25, 0.3) is 5.91 Å². The first-order valence-corrected chi connectivity index (χ1v) is 19.2. The first-order valence-electron chi connectivity index (χ1n) is 17.8. The molecule has 5 amide bonds. The molecule has 16 heteroatoms. The molecule has 0 aromatic heterocycles. The summed E-state index contributed by atoms with van der Waals surface area (Å²) in [7, 11) is -4.10. The minimum Gasteiger partial charge on any atom is -0.444 e. The smallest absolute Gasteiger partial charge is 0.410 e. The van der Waals surface area contributed by atoms with E-state index in [0.717, 1.165) is 28.3 Å². The maximum absolute atomic E-state index is 14.3. The number of alkyl carbamates (subject to hydrolysis) is 1. The highest BCUT2D eigenvalue weighted by Crippen LogP contribution is 2.46. The number of benzene rings is 1. The number of hydrogen-bond donors (Lipinski definition) is 3. The van der Waals surface area contributed by atoms with Crippen molar-refractivity contribution in [1.29, 1.82) is 0 Å². The monoisotopic (exact) mass is 728 g/mol. The first-order chi connectivity index (χ1) is 24.1. The average molecular weight is 729 g/mol. The molecule has 0 spiro atoms. The van der Waals surface area contributed by atoms with Gasteiger partial charge in [-0.2, -0.15) is 12.7 Å². The predicted octanol–water partition coefficient (Wildman–Crippen LogP) is 2.46. The maximum Gasteiger partial charge on any atom is 0.410 e. The zero-order valence-corrected chi connectivity index (χ0v) is 30.2. The third-order valence-electron chi connectivity index (χ3n) is 10.1. The van der Waals surface area contributed by atoms with Crippen LogP contribution in [0.15, 0.2) is 36.4 Å². The lowest BCUT2D eigenvalue weighted by Gasteiger charge is -2.31. The molecule has 0 bridgehead atoms. The molecular weight excluding hydrogens is 680 g/mol. The van der Waals surface area contributed by atoms with Gasteiger partial charge in [-0.05, 0) is 64.0 Å². The van der Waals surface area contributed by atoms with Gasteiger partial charge in [-0.15, -0.1) is 0 Å². The normalized spacial score (nSPS) is 28.5. The summed E-state index contributed by atoms with van der Waals surface area (Å²) >= 11 is 0. The van der Waals surface area contributed by atoms with Crippen LogP contribution < -0.4 is 15.4 Å². The lowest BCUT2D eigenvalue weighted by atomic mass is 10.0. The Kier molecular flexibility index (Phi) is 10.4. The van der Waals surface area contributed by atoms with E-state index >= 15 is 0 Å². The fourth-order valence-corrected chi connectivity index (χ4v) is 8.38. The van der Waals surface area contributed by atoms with Crippen LogP contribution in [0.4, 0.5) is 9.59 Å². The predicted molar refractivity (Wildman–Crippen MR) is 184 cm³/mol. The van der Waals surface area contributed by atoms with E-state index in [1.54, 1.807) is 25.7 Å². The summed E-state index contributed by atoms with van der Waals surface area (Å²) in [5.41, 5.74) is -0.355. The van der Waals surface area contributed by atoms with E-state index in [9.17, 15) is 32.4 Å². The number of hydrogen-bond acceptors (Lipinski definition) is 9. The lowest BCUT2D eigenvalue weighted by molar-refractivity contribution is -0.141. The molecule has 5 atom stereocenters. The van der Waals surface area contributed by atoms with Crippen LogP contribution in [-0.4, -0.2) is 101 Å². The highest BCUT2D eigenvalue weighted by Gasteiger charge is 2.62. The van der Waals surface area contributed by atoms with Crippen LogP contribution in [0.3, 0.4) is 0 Å². The molecule has 51 heavy (non-hydrogen) atoms. The molecule has 4 aliphatic heterocycles. The number of nitrogens with one attached hydrogen (secondary N) is 3. The summed E-state index contributed by atoms with van der Waals surface area (Å²) in [6.45, 7) is 6.34. The molecule has 6 rings (SSSR count). The molecule has 0 radical (unpaired) electrons. The van der Waals surface area contributed by atoms with Crippen LogP contribution in [0.2, 0.25) is 0 Å². The Labute approximate surface area is 298 Å². The van der Waals surface area contributed by atoms with E-state index in [0.29, 0.717) is 45.4 Å². The Morgan fingerprint density at radius 2 is 1.71 bits per heavy atom. The second-order valence-corrected chi connectivity index (χ2v) is 16.8. The summed E-state index contributed by atoms with van der Waals surface area (Å²) in [4.78, 5) is 71.3. The Bertz CT molecular complexity index is 1660. The topological polar surface area (TPSA) is 184 Å². The summed E-state index contributed by atoms with van der Waals surface area (Å²) in [5, 5.41) is 5.51. The molecule has 1 aromatic rings. The van der Waals surface area contributed by atoms with Crippen LogP contribution >= 0.6 is 0 Å². The Balaban J connectivity index is 1.25. The number of carbonyl (C=O) groups excluding carboxylic acids is 5. The minimum atomic E-state index is -4.10. The van der Waals surface area contributed by atoms with Crippen molar-refractivity contribution in [3.05, 3.63) is 47.5 Å². The zero-order valence-electron chi connectivity index (χ0n) is 29.4. The van der Waals surface area contributed by atoms with Crippen molar-refractivity contribution in [2.24, 2.45) is 5.92 Å². The average Bonchev–Trinajstić information content (AvgIpc) is 3.33. The molecule has 1 aliphatic carbocycles. The van der Waals surface area contributed by atoms with E-state index in [1.807, 2.05) is 36.4 Å². The minimum absolute atomic E-state index is 0.0620. The first kappa shape index (κ1) is 36.6. The third kappa shape index (κ3) is 8.32. The van der Waals surface area contributed by atoms with Gasteiger partial charge in [0.05, 0.1) is 6.54 Å². The van der Waals surface area contributed by atoms with Gasteiger partial charge in [0.15, 0.2) is 0 Å². The van der Waals surface area contributed by atoms with Gasteiger partial charge in [-0.25, -0.2) is 14.3 Å². The second-order valence-electron chi connectivity index (χ2n) is 15.1. The SMILES string of the molecule is CC(C)(C)OC(=O)N[C@H]1CCCCCC=C[C@@H]2C[C@@]2(C(=O)NS(=O)(=O)N2CCC2)NC(=O)[C@@H]2C[C@@H](OC(=O)N3Cc4ccccc4C3)CN2C1=O. The Morgan fingerprint density at radius 3 is 2.35 bits per heavy atom. The summed E-state index contributed by atoms with van der Waals surface area (Å²) in [6, 6.07) is 5.46. The number of fused-ring (bicyclic) bond motifs is 3. The van der Waals surface area contributed by atoms with E-state index in [4.69, 9.17) is 9.47 Å². The molecule has 1 aromatic carbocycles. The Hall–Kier alpha value is -4.18. The van der Waals surface area contributed by atoms with Gasteiger partial charge in [-0.3, -0.25) is 19.3 Å². The van der Waals surface area contributed by atoms with E-state index in [-0.39, 0.29) is 25.8 Å². The largest absolute Gasteiger partial charge is 0.444 e. The van der Waals surface area contributed by atoms with Crippen molar-refractivity contribution in [1.82, 2.24) is 29.5 Å². The van der Waals surface area contributed by atoms with Crippen LogP contribution in [-0.2, 0) is 47.2 Å². The van der Waals surface area contributed by atoms with E-state index < -0.39 is 75.4 Å². The van der Waals surface area contributed by atoms with Crippen molar-refractivity contribution in [3.63, 3.8) is 0 Å². The fourth-order valence-electron chi connectivity index (χ4n) is 7.09. The van der Waals surface area contributed by atoms with Crippen molar-refractivity contribution in [3.8, 4) is 0 Å². The lowest BCUT2D eigenvalue weighted by Crippen LogP contribution is -2.59. The highest BCUT2D eigenvalue weighted by atomic mass is 32.2. The molecule has 278 valence electrons. The highest BCUT2D eigenvalue weighted by molar-refractivity contribution is 7.87. The Morgan fingerprint density at radius 1 is 1.00 bits per heavy atom. The maximum atomic E-state index is 14.3. The summed E-state index contributed by atoms with van der Waals surface area (Å²) in [5.74, 6) is -2.55. The number of carbonyl (C=O) groups is 5. The van der Waals surface area contributed by atoms with Gasteiger partial charge >= 0.3 is 22.4 Å². The third-order valence-corrected chi connectivity index (χ3v) is 11.6. The number of ether oxygens (including phenoxy) is 2. The molecule has 2 saturated heterocycles. The van der Waals surface area contributed by atoms with Crippen molar-refractivity contribution in [2.75, 3.05) is 19.6 Å². The number of allylic oxidation sites excluding steroid dienone is 1. The van der Waals surface area contributed by atoms with Crippen molar-refractivity contribution < 1.29 is 41.9 Å². The van der Waals surface area contributed by atoms with Gasteiger partial charge in [0, 0.05) is 38.5 Å². The van der Waals surface area contributed by atoms with Crippen LogP contribution in [0.25, 0.3) is 0 Å². The van der Waals surface area contributed by atoms with E-state index in [2.05, 4.69) is 15.4 Å². The molecule has 15 nitrogen and oxygen atoms in total. The van der Waals surface area contributed by atoms with Crippen LogP contribution in [0.5, 0.6) is 0 Å². The molecule has 1 saturated carbocycles. The van der Waals surface area contributed by atoms with Crippen LogP contribution in [0, 0.1) is 5.92 Å². The van der Waals surface area contributed by atoms with Crippen molar-refractivity contribution in [2.45, 2.75) is 115 Å². The van der Waals surface area contributed by atoms with E-state index in [1.165, 1.54) is 4.90 Å². The quantitative estimate of drug-likeness (QED) is 0.384. The van der Waals surface area contributed by atoms with Gasteiger partial charge < -0.3 is 25.0 Å². The molecule has 4 heterocycles.